The first-order chi connectivity index (χ1) is 11.1. The number of nitrogens with zero attached hydrogens (tertiary/aromatic N) is 1. The third kappa shape index (κ3) is 6.80. The SMILES string of the molecule is CC1CCN(CCOCCOc2ccccc2OC(C)C)CC1. The maximum atomic E-state index is 5.78. The van der Waals surface area contributed by atoms with Gasteiger partial charge in [-0.15, -0.1) is 0 Å². The molecular formula is C19H31NO3. The van der Waals surface area contributed by atoms with E-state index in [-0.39, 0.29) is 6.10 Å². The number of hydrogen-bond donors (Lipinski definition) is 0. The molecule has 2 rings (SSSR count). The minimum atomic E-state index is 0.142. The fourth-order valence-corrected chi connectivity index (χ4v) is 2.71. The highest BCUT2D eigenvalue weighted by Gasteiger charge is 2.14. The molecule has 0 atom stereocenters. The first-order valence-electron chi connectivity index (χ1n) is 8.83. The Morgan fingerprint density at radius 2 is 1.74 bits per heavy atom. The molecule has 0 N–H and O–H groups in total. The predicted molar refractivity (Wildman–Crippen MR) is 93.4 cm³/mol. The molecule has 1 heterocycles. The molecule has 0 spiro atoms. The van der Waals surface area contributed by atoms with E-state index in [2.05, 4.69) is 11.8 Å². The van der Waals surface area contributed by atoms with Crippen molar-refractivity contribution in [2.24, 2.45) is 5.92 Å². The molecule has 0 aromatic heterocycles. The van der Waals surface area contributed by atoms with Crippen LogP contribution >= 0.6 is 0 Å². The Labute approximate surface area is 140 Å². The van der Waals surface area contributed by atoms with E-state index in [1.807, 2.05) is 38.1 Å². The summed E-state index contributed by atoms with van der Waals surface area (Å²) >= 11 is 0. The number of rotatable bonds is 9. The molecule has 1 aliphatic heterocycles. The molecule has 0 amide bonds. The van der Waals surface area contributed by atoms with Crippen molar-refractivity contribution in [3.05, 3.63) is 24.3 Å². The van der Waals surface area contributed by atoms with Gasteiger partial charge < -0.3 is 19.1 Å². The Bertz CT molecular complexity index is 442. The molecule has 23 heavy (non-hydrogen) atoms. The van der Waals surface area contributed by atoms with Crippen LogP contribution in [0, 0.1) is 5.92 Å². The number of piperidine rings is 1. The Morgan fingerprint density at radius 3 is 2.43 bits per heavy atom. The summed E-state index contributed by atoms with van der Waals surface area (Å²) in [6, 6.07) is 7.79. The molecule has 4 nitrogen and oxygen atoms in total. The van der Waals surface area contributed by atoms with Crippen molar-refractivity contribution in [2.75, 3.05) is 39.5 Å². The van der Waals surface area contributed by atoms with Gasteiger partial charge in [-0.05, 0) is 57.8 Å². The zero-order chi connectivity index (χ0) is 16.5. The second kappa shape index (κ2) is 9.78. The standard InChI is InChI=1S/C19H31NO3/c1-16(2)23-19-7-5-4-6-18(19)22-15-14-21-13-12-20-10-8-17(3)9-11-20/h4-7,16-17H,8-15H2,1-3H3. The molecule has 0 bridgehead atoms. The number of hydrogen-bond acceptors (Lipinski definition) is 4. The zero-order valence-electron chi connectivity index (χ0n) is 14.8. The van der Waals surface area contributed by atoms with Gasteiger partial charge in [0.15, 0.2) is 11.5 Å². The highest BCUT2D eigenvalue weighted by molar-refractivity contribution is 5.39. The van der Waals surface area contributed by atoms with Crippen LogP contribution in [0.3, 0.4) is 0 Å². The van der Waals surface area contributed by atoms with Crippen LogP contribution in [0.15, 0.2) is 24.3 Å². The van der Waals surface area contributed by atoms with Crippen LogP contribution in [0.4, 0.5) is 0 Å². The average Bonchev–Trinajstić information content (AvgIpc) is 2.53. The molecular weight excluding hydrogens is 290 g/mol. The van der Waals surface area contributed by atoms with Crippen LogP contribution in [-0.4, -0.2) is 50.5 Å². The first-order valence-corrected chi connectivity index (χ1v) is 8.83. The highest BCUT2D eigenvalue weighted by atomic mass is 16.5. The molecule has 4 heteroatoms. The highest BCUT2D eigenvalue weighted by Crippen LogP contribution is 2.27. The lowest BCUT2D eigenvalue weighted by Gasteiger charge is -2.29. The zero-order valence-corrected chi connectivity index (χ0v) is 14.8. The van der Waals surface area contributed by atoms with Crippen molar-refractivity contribution in [3.8, 4) is 11.5 Å². The normalized spacial score (nSPS) is 16.7. The quantitative estimate of drug-likeness (QED) is 0.650. The average molecular weight is 321 g/mol. The number of para-hydroxylation sites is 2. The van der Waals surface area contributed by atoms with Gasteiger partial charge in [0, 0.05) is 6.54 Å². The van der Waals surface area contributed by atoms with Crippen LogP contribution < -0.4 is 9.47 Å². The van der Waals surface area contributed by atoms with E-state index in [4.69, 9.17) is 14.2 Å². The summed E-state index contributed by atoms with van der Waals surface area (Å²) in [5.41, 5.74) is 0. The van der Waals surface area contributed by atoms with Crippen LogP contribution in [0.2, 0.25) is 0 Å². The van der Waals surface area contributed by atoms with Gasteiger partial charge in [0.25, 0.3) is 0 Å². The van der Waals surface area contributed by atoms with Crippen molar-refractivity contribution in [1.29, 1.82) is 0 Å². The number of ether oxygens (including phenoxy) is 3. The fourth-order valence-electron chi connectivity index (χ4n) is 2.71. The van der Waals surface area contributed by atoms with E-state index >= 15 is 0 Å². The van der Waals surface area contributed by atoms with E-state index in [1.165, 1.54) is 25.9 Å². The molecule has 0 unspecified atom stereocenters. The summed E-state index contributed by atoms with van der Waals surface area (Å²) in [7, 11) is 0. The smallest absolute Gasteiger partial charge is 0.161 e. The lowest BCUT2D eigenvalue weighted by Crippen LogP contribution is -2.35. The largest absolute Gasteiger partial charge is 0.487 e. The van der Waals surface area contributed by atoms with Gasteiger partial charge in [0.1, 0.15) is 6.61 Å². The van der Waals surface area contributed by atoms with E-state index < -0.39 is 0 Å². The summed E-state index contributed by atoms with van der Waals surface area (Å²) in [6.07, 6.45) is 2.77. The Balaban J connectivity index is 1.59. The summed E-state index contributed by atoms with van der Waals surface area (Å²) in [5, 5.41) is 0. The van der Waals surface area contributed by atoms with Crippen LogP contribution in [0.5, 0.6) is 11.5 Å². The fraction of sp³-hybridized carbons (Fsp3) is 0.684. The molecule has 1 fully saturated rings. The van der Waals surface area contributed by atoms with Crippen molar-refractivity contribution >= 4 is 0 Å². The summed E-state index contributed by atoms with van der Waals surface area (Å²) < 4.78 is 17.2. The third-order valence-corrected chi connectivity index (χ3v) is 4.13. The molecule has 1 saturated heterocycles. The second-order valence-corrected chi connectivity index (χ2v) is 6.60. The maximum Gasteiger partial charge on any atom is 0.161 e. The molecule has 0 saturated carbocycles. The van der Waals surface area contributed by atoms with Gasteiger partial charge >= 0.3 is 0 Å². The molecule has 1 aromatic rings. The van der Waals surface area contributed by atoms with Gasteiger partial charge in [-0.25, -0.2) is 0 Å². The molecule has 0 radical (unpaired) electrons. The van der Waals surface area contributed by atoms with Gasteiger partial charge in [-0.3, -0.25) is 0 Å². The maximum absolute atomic E-state index is 5.78. The monoisotopic (exact) mass is 321 g/mol. The van der Waals surface area contributed by atoms with E-state index in [9.17, 15) is 0 Å². The Hall–Kier alpha value is -1.26. The number of benzene rings is 1. The first kappa shape index (κ1) is 18.1. The Morgan fingerprint density at radius 1 is 1.04 bits per heavy atom. The van der Waals surface area contributed by atoms with Crippen LogP contribution in [-0.2, 0) is 4.74 Å². The minimum Gasteiger partial charge on any atom is -0.487 e. The van der Waals surface area contributed by atoms with E-state index in [0.29, 0.717) is 13.2 Å². The van der Waals surface area contributed by atoms with Crippen molar-refractivity contribution in [3.63, 3.8) is 0 Å². The van der Waals surface area contributed by atoms with E-state index in [0.717, 1.165) is 30.6 Å². The topological polar surface area (TPSA) is 30.9 Å². The second-order valence-electron chi connectivity index (χ2n) is 6.60. The lowest BCUT2D eigenvalue weighted by atomic mass is 9.99. The molecule has 130 valence electrons. The minimum absolute atomic E-state index is 0.142. The van der Waals surface area contributed by atoms with E-state index in [1.54, 1.807) is 0 Å². The van der Waals surface area contributed by atoms with Gasteiger partial charge in [0.2, 0.25) is 0 Å². The van der Waals surface area contributed by atoms with Gasteiger partial charge in [-0.2, -0.15) is 0 Å². The van der Waals surface area contributed by atoms with Crippen LogP contribution in [0.1, 0.15) is 33.6 Å². The lowest BCUT2D eigenvalue weighted by molar-refractivity contribution is 0.0698. The summed E-state index contributed by atoms with van der Waals surface area (Å²) in [6.45, 7) is 11.8. The molecule has 0 aliphatic carbocycles. The summed E-state index contributed by atoms with van der Waals surface area (Å²) in [4.78, 5) is 2.49. The van der Waals surface area contributed by atoms with Crippen molar-refractivity contribution < 1.29 is 14.2 Å². The number of likely N-dealkylation sites (tertiary alicyclic amines) is 1. The van der Waals surface area contributed by atoms with Gasteiger partial charge in [-0.1, -0.05) is 19.1 Å². The summed E-state index contributed by atoms with van der Waals surface area (Å²) in [5.74, 6) is 2.47. The molecule has 1 aliphatic rings. The predicted octanol–water partition coefficient (Wildman–Crippen LogP) is 3.60. The molecule has 1 aromatic carbocycles. The van der Waals surface area contributed by atoms with Gasteiger partial charge in [0.05, 0.1) is 19.3 Å². The van der Waals surface area contributed by atoms with Crippen LogP contribution in [0.25, 0.3) is 0 Å². The third-order valence-electron chi connectivity index (χ3n) is 4.13. The van der Waals surface area contributed by atoms with Crippen molar-refractivity contribution in [1.82, 2.24) is 4.90 Å². The Kier molecular flexibility index (Phi) is 7.69. The van der Waals surface area contributed by atoms with Crippen molar-refractivity contribution in [2.45, 2.75) is 39.7 Å².